The van der Waals surface area contributed by atoms with Crippen molar-refractivity contribution in [3.8, 4) is 34.1 Å². The van der Waals surface area contributed by atoms with E-state index < -0.39 is 0 Å². The summed E-state index contributed by atoms with van der Waals surface area (Å²) >= 11 is 0. The van der Waals surface area contributed by atoms with Gasteiger partial charge < -0.3 is 14.8 Å². The zero-order valence-corrected chi connectivity index (χ0v) is 17.8. The fourth-order valence-electron chi connectivity index (χ4n) is 4.03. The molecule has 0 radical (unpaired) electrons. The van der Waals surface area contributed by atoms with Crippen LogP contribution in [-0.4, -0.2) is 41.2 Å². The summed E-state index contributed by atoms with van der Waals surface area (Å²) in [5.74, 6) is 1.77. The Labute approximate surface area is 186 Å². The lowest BCUT2D eigenvalue weighted by atomic mass is 10.0. The molecule has 4 aromatic rings. The second kappa shape index (κ2) is 8.69. The first kappa shape index (κ1) is 20.0. The molecular formula is C25H23N5O2. The predicted molar refractivity (Wildman–Crippen MR) is 123 cm³/mol. The first-order valence-electron chi connectivity index (χ1n) is 10.6. The summed E-state index contributed by atoms with van der Waals surface area (Å²) in [4.78, 5) is 13.0. The Balaban J connectivity index is 1.66. The van der Waals surface area contributed by atoms with Crippen molar-refractivity contribution >= 4 is 11.3 Å². The third-order valence-corrected chi connectivity index (χ3v) is 5.76. The first-order chi connectivity index (χ1) is 15.8. The Bertz CT molecular complexity index is 1270. The molecule has 3 heterocycles. The van der Waals surface area contributed by atoms with Crippen molar-refractivity contribution in [1.29, 1.82) is 0 Å². The van der Waals surface area contributed by atoms with Crippen LogP contribution >= 0.6 is 0 Å². The van der Waals surface area contributed by atoms with E-state index in [2.05, 4.69) is 15.1 Å². The zero-order chi connectivity index (χ0) is 21.9. The number of nitrogens with zero attached hydrogens (tertiary/aromatic N) is 4. The van der Waals surface area contributed by atoms with E-state index in [0.717, 1.165) is 47.8 Å². The molecule has 1 N–H and O–H groups in total. The molecule has 1 saturated heterocycles. The molecule has 0 saturated carbocycles. The molecule has 1 aliphatic heterocycles. The van der Waals surface area contributed by atoms with Crippen molar-refractivity contribution < 1.29 is 9.47 Å². The lowest BCUT2D eigenvalue weighted by Gasteiger charge is -2.17. The van der Waals surface area contributed by atoms with Gasteiger partial charge in [0.15, 0.2) is 5.69 Å². The molecule has 32 heavy (non-hydrogen) atoms. The normalized spacial score (nSPS) is 15.6. The quantitative estimate of drug-likeness (QED) is 0.457. The van der Waals surface area contributed by atoms with Crippen LogP contribution in [0.25, 0.3) is 33.0 Å². The third kappa shape index (κ3) is 3.77. The fraction of sp³-hybridized carbons (Fsp3) is 0.240. The van der Waals surface area contributed by atoms with Gasteiger partial charge in [0, 0.05) is 30.4 Å². The van der Waals surface area contributed by atoms with E-state index in [1.807, 2.05) is 59.1 Å². The fourth-order valence-corrected chi connectivity index (χ4v) is 4.03. The molecule has 0 amide bonds. The Morgan fingerprint density at radius 1 is 1.12 bits per heavy atom. The van der Waals surface area contributed by atoms with Gasteiger partial charge in [-0.25, -0.2) is 14.8 Å². The number of benzene rings is 2. The van der Waals surface area contributed by atoms with Crippen LogP contribution in [0.1, 0.15) is 6.42 Å². The number of fused-ring (bicyclic) bond motifs is 1. The standard InChI is InChI=1S/C25H23N5O2/c1-26-20-7-3-18(4-8-20)22-23(19-5-9-21(31-2)10-6-19)30-14-13-28-24(30)25(29-22)32-16-17-11-12-27-15-17/h3-10,13-14,17,27H,11-12,15-16H2,2H3/t17-/m1/s1. The van der Waals surface area contributed by atoms with Crippen LogP contribution in [0, 0.1) is 12.5 Å². The van der Waals surface area contributed by atoms with Crippen molar-refractivity contribution in [2.75, 3.05) is 26.8 Å². The van der Waals surface area contributed by atoms with Gasteiger partial charge in [-0.1, -0.05) is 24.3 Å². The van der Waals surface area contributed by atoms with E-state index in [1.54, 1.807) is 13.3 Å². The Hall–Kier alpha value is -3.89. The Morgan fingerprint density at radius 3 is 2.59 bits per heavy atom. The van der Waals surface area contributed by atoms with Crippen molar-refractivity contribution in [1.82, 2.24) is 19.7 Å². The smallest absolute Gasteiger partial charge is 0.259 e. The zero-order valence-electron chi connectivity index (χ0n) is 17.8. The summed E-state index contributed by atoms with van der Waals surface area (Å²) < 4.78 is 13.5. The minimum atomic E-state index is 0.467. The topological polar surface area (TPSA) is 65.0 Å². The Morgan fingerprint density at radius 2 is 1.91 bits per heavy atom. The van der Waals surface area contributed by atoms with Gasteiger partial charge in [0.25, 0.3) is 5.88 Å². The molecular weight excluding hydrogens is 402 g/mol. The van der Waals surface area contributed by atoms with Gasteiger partial charge in [-0.15, -0.1) is 0 Å². The molecule has 0 unspecified atom stereocenters. The van der Waals surface area contributed by atoms with E-state index in [1.165, 1.54) is 0 Å². The molecule has 0 aliphatic carbocycles. The highest BCUT2D eigenvalue weighted by atomic mass is 16.5. The van der Waals surface area contributed by atoms with E-state index >= 15 is 0 Å². The minimum Gasteiger partial charge on any atom is -0.497 e. The predicted octanol–water partition coefficient (Wildman–Crippen LogP) is 4.61. The van der Waals surface area contributed by atoms with Gasteiger partial charge in [-0.3, -0.25) is 4.40 Å². The van der Waals surface area contributed by atoms with Crippen LogP contribution < -0.4 is 14.8 Å². The SMILES string of the molecule is [C-]#[N+]c1ccc(-c2nc(OC[C@@H]3CCNC3)c3nccn3c2-c2ccc(OC)cc2)cc1. The highest BCUT2D eigenvalue weighted by molar-refractivity contribution is 5.82. The minimum absolute atomic E-state index is 0.467. The second-order valence-electron chi connectivity index (χ2n) is 7.79. The Kier molecular flexibility index (Phi) is 5.44. The summed E-state index contributed by atoms with van der Waals surface area (Å²) in [5, 5.41) is 3.37. The van der Waals surface area contributed by atoms with Crippen LogP contribution in [-0.2, 0) is 0 Å². The lowest BCUT2D eigenvalue weighted by Crippen LogP contribution is -2.16. The number of rotatable bonds is 6. The molecule has 1 fully saturated rings. The van der Waals surface area contributed by atoms with Crippen molar-refractivity contribution in [3.05, 3.63) is 72.3 Å². The number of nitrogens with one attached hydrogen (secondary N) is 1. The number of aromatic nitrogens is 3. The monoisotopic (exact) mass is 425 g/mol. The van der Waals surface area contributed by atoms with Crippen molar-refractivity contribution in [2.45, 2.75) is 6.42 Å². The maximum Gasteiger partial charge on any atom is 0.259 e. The molecule has 2 aromatic carbocycles. The van der Waals surface area contributed by atoms with Gasteiger partial charge >= 0.3 is 0 Å². The molecule has 7 nitrogen and oxygen atoms in total. The largest absolute Gasteiger partial charge is 0.497 e. The van der Waals surface area contributed by atoms with Gasteiger partial charge in [0.2, 0.25) is 5.65 Å². The molecule has 2 aromatic heterocycles. The average molecular weight is 425 g/mol. The number of imidazole rings is 1. The number of methoxy groups -OCH3 is 1. The number of ether oxygens (including phenoxy) is 2. The number of hydrogen-bond acceptors (Lipinski definition) is 5. The number of hydrogen-bond donors (Lipinski definition) is 1. The molecule has 1 aliphatic rings. The molecule has 1 atom stereocenters. The van der Waals surface area contributed by atoms with Crippen LogP contribution in [0.5, 0.6) is 11.6 Å². The van der Waals surface area contributed by atoms with Gasteiger partial charge in [-0.2, -0.15) is 0 Å². The van der Waals surface area contributed by atoms with E-state index in [-0.39, 0.29) is 0 Å². The second-order valence-corrected chi connectivity index (χ2v) is 7.79. The third-order valence-electron chi connectivity index (χ3n) is 5.76. The summed E-state index contributed by atoms with van der Waals surface area (Å²) in [5.41, 5.74) is 4.85. The van der Waals surface area contributed by atoms with Crippen LogP contribution in [0.4, 0.5) is 5.69 Å². The van der Waals surface area contributed by atoms with Gasteiger partial charge in [0.05, 0.1) is 31.7 Å². The molecule has 0 bridgehead atoms. The van der Waals surface area contributed by atoms with Crippen LogP contribution in [0.2, 0.25) is 0 Å². The van der Waals surface area contributed by atoms with Crippen LogP contribution in [0.3, 0.4) is 0 Å². The van der Waals surface area contributed by atoms with E-state index in [9.17, 15) is 0 Å². The van der Waals surface area contributed by atoms with E-state index in [0.29, 0.717) is 29.7 Å². The summed E-state index contributed by atoms with van der Waals surface area (Å²) in [6.07, 6.45) is 4.79. The molecule has 5 rings (SSSR count). The lowest BCUT2D eigenvalue weighted by molar-refractivity contribution is 0.253. The summed E-state index contributed by atoms with van der Waals surface area (Å²) in [6.45, 7) is 9.83. The van der Waals surface area contributed by atoms with Crippen molar-refractivity contribution in [3.63, 3.8) is 0 Å². The van der Waals surface area contributed by atoms with Crippen LogP contribution in [0.15, 0.2) is 60.9 Å². The summed E-state index contributed by atoms with van der Waals surface area (Å²) in [7, 11) is 1.65. The van der Waals surface area contributed by atoms with Gasteiger partial charge in [-0.05, 0) is 42.8 Å². The summed E-state index contributed by atoms with van der Waals surface area (Å²) in [6, 6.07) is 15.4. The van der Waals surface area contributed by atoms with Crippen molar-refractivity contribution in [2.24, 2.45) is 5.92 Å². The maximum absolute atomic E-state index is 7.25. The molecule has 7 heteroatoms. The highest BCUT2D eigenvalue weighted by Crippen LogP contribution is 2.36. The maximum atomic E-state index is 7.25. The molecule has 0 spiro atoms. The average Bonchev–Trinajstić information content (AvgIpc) is 3.55. The van der Waals surface area contributed by atoms with E-state index in [4.69, 9.17) is 21.0 Å². The first-order valence-corrected chi connectivity index (χ1v) is 10.6. The molecule has 160 valence electrons. The highest BCUT2D eigenvalue weighted by Gasteiger charge is 2.21. The van der Waals surface area contributed by atoms with Gasteiger partial charge in [0.1, 0.15) is 5.75 Å².